The zero-order chi connectivity index (χ0) is 34.1. The standard InChI is InChI=1S/C30H53N7O11/c1-35(24-7-8-25(24)39)37-18-23(32-34-37)21-46-16-15-44-14-13-43-12-9-36-17-22(31-33-36)20-45-10-5-3-2-4-6-11-47-30-29(42)28(41)27(40)26(19-38)48-30/h17-18,24-30,38-42H,2-16,19-21H2,1H3. The Kier molecular flexibility index (Phi) is 16.8. The fourth-order valence-electron chi connectivity index (χ4n) is 5.27. The van der Waals surface area contributed by atoms with Crippen molar-refractivity contribution in [2.75, 3.05) is 64.9 Å². The molecule has 2 aromatic heterocycles. The number of unbranched alkanes of at least 4 members (excludes halogenated alkanes) is 4. The average Bonchev–Trinajstić information content (AvgIpc) is 3.75. The van der Waals surface area contributed by atoms with Crippen LogP contribution in [0.15, 0.2) is 12.4 Å². The highest BCUT2D eigenvalue weighted by atomic mass is 16.7. The Balaban J connectivity index is 0.902. The van der Waals surface area contributed by atoms with E-state index in [1.54, 1.807) is 15.7 Å². The third kappa shape index (κ3) is 12.2. The van der Waals surface area contributed by atoms with Gasteiger partial charge >= 0.3 is 0 Å². The van der Waals surface area contributed by atoms with Crippen LogP contribution in [0.5, 0.6) is 0 Å². The van der Waals surface area contributed by atoms with E-state index in [1.807, 2.05) is 18.3 Å². The summed E-state index contributed by atoms with van der Waals surface area (Å²) in [5, 5.41) is 67.0. The lowest BCUT2D eigenvalue weighted by atomic mass is 9.89. The lowest BCUT2D eigenvalue weighted by molar-refractivity contribution is -0.301. The number of aromatic nitrogens is 6. The maximum atomic E-state index is 9.99. The summed E-state index contributed by atoms with van der Waals surface area (Å²) < 4.78 is 35.1. The third-order valence-corrected chi connectivity index (χ3v) is 8.39. The predicted octanol–water partition coefficient (Wildman–Crippen LogP) is -1.51. The monoisotopic (exact) mass is 687 g/mol. The van der Waals surface area contributed by atoms with E-state index >= 15 is 0 Å². The number of hydrogen-bond donors (Lipinski definition) is 5. The summed E-state index contributed by atoms with van der Waals surface area (Å²) in [7, 11) is 1.89. The number of likely N-dealkylation sites (N-methyl/N-ethyl adjacent to an activating group) is 1. The van der Waals surface area contributed by atoms with E-state index < -0.39 is 37.3 Å². The minimum atomic E-state index is -1.43. The van der Waals surface area contributed by atoms with Crippen LogP contribution in [0.25, 0.3) is 0 Å². The first-order valence-electron chi connectivity index (χ1n) is 16.8. The Morgan fingerprint density at radius 3 is 2.10 bits per heavy atom. The van der Waals surface area contributed by atoms with E-state index in [4.69, 9.17) is 28.4 Å². The molecule has 5 N–H and O–H groups in total. The van der Waals surface area contributed by atoms with Crippen LogP contribution in [0.2, 0.25) is 0 Å². The lowest BCUT2D eigenvalue weighted by Crippen LogP contribution is -2.59. The quantitative estimate of drug-likeness (QED) is 0.0749. The van der Waals surface area contributed by atoms with Crippen molar-refractivity contribution in [2.45, 2.75) is 108 Å². The molecule has 1 saturated carbocycles. The second-order valence-corrected chi connectivity index (χ2v) is 12.1. The molecule has 274 valence electrons. The van der Waals surface area contributed by atoms with E-state index in [0.717, 1.165) is 50.6 Å². The summed E-state index contributed by atoms with van der Waals surface area (Å²) in [6.45, 7) is 4.07. The zero-order valence-electron chi connectivity index (χ0n) is 27.7. The first kappa shape index (κ1) is 38.4. The van der Waals surface area contributed by atoms with E-state index in [9.17, 15) is 25.5 Å². The smallest absolute Gasteiger partial charge is 0.186 e. The molecule has 4 rings (SSSR count). The molecule has 0 bridgehead atoms. The second kappa shape index (κ2) is 21.0. The van der Waals surface area contributed by atoms with E-state index in [1.165, 1.54) is 0 Å². The third-order valence-electron chi connectivity index (χ3n) is 8.39. The molecule has 7 atom stereocenters. The molecule has 18 nitrogen and oxygen atoms in total. The van der Waals surface area contributed by atoms with Gasteiger partial charge in [0.2, 0.25) is 0 Å². The Morgan fingerprint density at radius 1 is 0.750 bits per heavy atom. The van der Waals surface area contributed by atoms with Crippen LogP contribution in [-0.4, -0.2) is 158 Å². The molecular weight excluding hydrogens is 634 g/mol. The lowest BCUT2D eigenvalue weighted by Gasteiger charge is -2.39. The van der Waals surface area contributed by atoms with Crippen LogP contribution in [0, 0.1) is 0 Å². The molecule has 2 fully saturated rings. The largest absolute Gasteiger partial charge is 0.394 e. The Bertz CT molecular complexity index is 1140. The first-order chi connectivity index (χ1) is 23.4. The second-order valence-electron chi connectivity index (χ2n) is 12.1. The van der Waals surface area contributed by atoms with Crippen molar-refractivity contribution in [2.24, 2.45) is 0 Å². The molecule has 0 spiro atoms. The number of nitrogens with zero attached hydrogens (tertiary/aromatic N) is 7. The summed E-state index contributed by atoms with van der Waals surface area (Å²) in [5.74, 6) is 0. The van der Waals surface area contributed by atoms with E-state index in [2.05, 4.69) is 20.6 Å². The minimum absolute atomic E-state index is 0.0737. The van der Waals surface area contributed by atoms with Gasteiger partial charge in [-0.05, 0) is 30.9 Å². The molecule has 2 aromatic rings. The zero-order valence-corrected chi connectivity index (χ0v) is 27.7. The number of rotatable bonds is 25. The fraction of sp³-hybridized carbons (Fsp3) is 0.867. The molecule has 3 heterocycles. The van der Waals surface area contributed by atoms with Gasteiger partial charge in [0.1, 0.15) is 35.8 Å². The summed E-state index contributed by atoms with van der Waals surface area (Å²) >= 11 is 0. The summed E-state index contributed by atoms with van der Waals surface area (Å²) in [4.78, 5) is 1.64. The van der Waals surface area contributed by atoms with Crippen molar-refractivity contribution in [3.8, 4) is 0 Å². The number of ether oxygens (including phenoxy) is 6. The number of hydrogen-bond acceptors (Lipinski definition) is 16. The van der Waals surface area contributed by atoms with Gasteiger partial charge in [-0.3, -0.25) is 5.01 Å². The Labute approximate surface area is 280 Å². The van der Waals surface area contributed by atoms with Crippen LogP contribution in [-0.2, 0) is 48.2 Å². The SMILES string of the molecule is CN(C1CCC1O)n1cc(COCCOCCOCCn2cc(COCCCCCCCOC3OC(CO)C(O)C(O)C3O)nn2)nn1. The first-order valence-corrected chi connectivity index (χ1v) is 16.8. The molecule has 0 radical (unpaired) electrons. The van der Waals surface area contributed by atoms with Crippen molar-refractivity contribution < 1.29 is 54.0 Å². The van der Waals surface area contributed by atoms with E-state index in [0.29, 0.717) is 71.7 Å². The molecule has 1 aliphatic carbocycles. The van der Waals surface area contributed by atoms with Gasteiger partial charge in [0.05, 0.1) is 83.9 Å². The van der Waals surface area contributed by atoms with Gasteiger partial charge in [-0.2, -0.15) is 4.79 Å². The highest BCUT2D eigenvalue weighted by molar-refractivity contribution is 5.02. The average molecular weight is 688 g/mol. The number of aliphatic hydroxyl groups excluding tert-OH is 5. The van der Waals surface area contributed by atoms with Gasteiger partial charge in [0, 0.05) is 20.3 Å². The maximum Gasteiger partial charge on any atom is 0.186 e. The van der Waals surface area contributed by atoms with E-state index in [-0.39, 0.29) is 12.1 Å². The fourth-order valence-corrected chi connectivity index (χ4v) is 5.27. The molecule has 1 aliphatic heterocycles. The van der Waals surface area contributed by atoms with Crippen LogP contribution in [0.3, 0.4) is 0 Å². The summed E-state index contributed by atoms with van der Waals surface area (Å²) in [5.41, 5.74) is 1.48. The molecular formula is C30H53N7O11. The van der Waals surface area contributed by atoms with Gasteiger partial charge in [0.15, 0.2) is 6.29 Å². The topological polar surface area (TPSA) is 221 Å². The Hall–Kier alpha value is -2.36. The summed E-state index contributed by atoms with van der Waals surface area (Å²) in [6.07, 6.45) is 3.45. The van der Waals surface area contributed by atoms with Crippen molar-refractivity contribution >= 4 is 0 Å². The molecule has 2 aliphatic rings. The molecule has 18 heteroatoms. The van der Waals surface area contributed by atoms with Crippen LogP contribution in [0.1, 0.15) is 56.3 Å². The van der Waals surface area contributed by atoms with Crippen LogP contribution in [0.4, 0.5) is 0 Å². The van der Waals surface area contributed by atoms with Crippen LogP contribution < -0.4 is 5.01 Å². The Morgan fingerprint density at radius 2 is 1.40 bits per heavy atom. The molecule has 48 heavy (non-hydrogen) atoms. The van der Waals surface area contributed by atoms with Crippen molar-refractivity contribution in [1.29, 1.82) is 0 Å². The van der Waals surface area contributed by atoms with Crippen molar-refractivity contribution in [1.82, 2.24) is 30.1 Å². The van der Waals surface area contributed by atoms with Gasteiger partial charge in [-0.15, -0.1) is 10.2 Å². The minimum Gasteiger partial charge on any atom is -0.394 e. The molecule has 7 unspecified atom stereocenters. The highest BCUT2D eigenvalue weighted by Crippen LogP contribution is 2.24. The van der Waals surface area contributed by atoms with Crippen molar-refractivity contribution in [3.63, 3.8) is 0 Å². The van der Waals surface area contributed by atoms with Crippen molar-refractivity contribution in [3.05, 3.63) is 23.8 Å². The normalized spacial score (nSPS) is 25.8. The molecule has 1 saturated heterocycles. The van der Waals surface area contributed by atoms with Gasteiger partial charge in [-0.1, -0.05) is 24.5 Å². The maximum absolute atomic E-state index is 9.99. The summed E-state index contributed by atoms with van der Waals surface area (Å²) in [6, 6.07) is 0.0737. The molecule has 0 amide bonds. The molecule has 0 aromatic carbocycles. The van der Waals surface area contributed by atoms with Gasteiger partial charge < -0.3 is 54.0 Å². The van der Waals surface area contributed by atoms with Gasteiger partial charge in [0.25, 0.3) is 0 Å². The number of aliphatic hydroxyl groups is 5. The van der Waals surface area contributed by atoms with Crippen LogP contribution >= 0.6 is 0 Å². The predicted molar refractivity (Wildman–Crippen MR) is 167 cm³/mol. The van der Waals surface area contributed by atoms with Gasteiger partial charge in [-0.25, -0.2) is 4.68 Å². The highest BCUT2D eigenvalue weighted by Gasteiger charge is 2.43.